The molecule has 4 nitrogen and oxygen atoms in total. The molecule has 3 amide bonds. The molecule has 5 heteroatoms. The maximum atomic E-state index is 12.5. The molecule has 1 aromatic rings. The highest BCUT2D eigenvalue weighted by atomic mass is 35.5. The van der Waals surface area contributed by atoms with Gasteiger partial charge in [0.05, 0.1) is 5.69 Å². The second kappa shape index (κ2) is 5.61. The number of carbonyl (C=O) groups is 2. The number of imide groups is 1. The van der Waals surface area contributed by atoms with E-state index in [9.17, 15) is 9.59 Å². The van der Waals surface area contributed by atoms with E-state index in [1.165, 1.54) is 4.90 Å². The number of hydrogen-bond donors (Lipinski definition) is 0. The third-order valence-electron chi connectivity index (χ3n) is 3.18. The highest BCUT2D eigenvalue weighted by Gasteiger charge is 2.31. The molecule has 1 aromatic carbocycles. The predicted molar refractivity (Wildman–Crippen MR) is 75.4 cm³/mol. The first-order valence-electron chi connectivity index (χ1n) is 6.40. The maximum absolute atomic E-state index is 12.5. The van der Waals surface area contributed by atoms with Crippen LogP contribution in [0.25, 0.3) is 0 Å². The van der Waals surface area contributed by atoms with Crippen molar-refractivity contribution >= 4 is 29.2 Å². The van der Waals surface area contributed by atoms with E-state index >= 15 is 0 Å². The summed E-state index contributed by atoms with van der Waals surface area (Å²) in [5.41, 5.74) is 0.576. The van der Waals surface area contributed by atoms with Crippen molar-refractivity contribution in [2.24, 2.45) is 0 Å². The van der Waals surface area contributed by atoms with Crippen molar-refractivity contribution in [2.45, 2.75) is 32.7 Å². The van der Waals surface area contributed by atoms with Crippen molar-refractivity contribution < 1.29 is 9.59 Å². The van der Waals surface area contributed by atoms with Crippen molar-refractivity contribution in [3.8, 4) is 0 Å². The summed E-state index contributed by atoms with van der Waals surface area (Å²) in [5.74, 6) is -0.157. The minimum Gasteiger partial charge on any atom is -0.322 e. The lowest BCUT2D eigenvalue weighted by atomic mass is 10.2. The zero-order valence-electron chi connectivity index (χ0n) is 11.1. The van der Waals surface area contributed by atoms with Crippen LogP contribution in [0.5, 0.6) is 0 Å². The summed E-state index contributed by atoms with van der Waals surface area (Å²) in [6.45, 7) is 4.52. The Hall–Kier alpha value is -1.55. The van der Waals surface area contributed by atoms with Crippen LogP contribution in [0.1, 0.15) is 26.7 Å². The van der Waals surface area contributed by atoms with Crippen LogP contribution in [-0.2, 0) is 4.79 Å². The third kappa shape index (κ3) is 2.89. The van der Waals surface area contributed by atoms with E-state index in [0.717, 1.165) is 0 Å². The maximum Gasteiger partial charge on any atom is 0.331 e. The van der Waals surface area contributed by atoms with Crippen LogP contribution in [0.2, 0.25) is 5.02 Å². The van der Waals surface area contributed by atoms with Crippen LogP contribution >= 0.6 is 11.6 Å². The normalized spacial score (nSPS) is 17.1. The Balaban J connectivity index is 2.36. The van der Waals surface area contributed by atoms with Crippen molar-refractivity contribution in [1.29, 1.82) is 0 Å². The molecule has 2 rings (SSSR count). The molecule has 0 atom stereocenters. The van der Waals surface area contributed by atoms with Crippen LogP contribution in [-0.4, -0.2) is 29.4 Å². The first-order chi connectivity index (χ1) is 9.00. The van der Waals surface area contributed by atoms with Crippen LogP contribution in [0, 0.1) is 0 Å². The Bertz CT molecular complexity index is 485. The standard InChI is InChI=1S/C14H17ClN2O2/c1-10(2)16-9-3-4-13(18)17(14(16)19)12-7-5-11(15)6-8-12/h5-8,10H,3-4,9H2,1-2H3. The van der Waals surface area contributed by atoms with Gasteiger partial charge in [0, 0.05) is 24.0 Å². The van der Waals surface area contributed by atoms with Crippen LogP contribution < -0.4 is 4.90 Å². The average Bonchev–Trinajstić information content (AvgIpc) is 2.50. The van der Waals surface area contributed by atoms with Crippen molar-refractivity contribution in [3.05, 3.63) is 29.3 Å². The average molecular weight is 281 g/mol. The molecule has 0 unspecified atom stereocenters. The lowest BCUT2D eigenvalue weighted by Crippen LogP contribution is -2.47. The van der Waals surface area contributed by atoms with Gasteiger partial charge in [-0.15, -0.1) is 0 Å². The number of hydrogen-bond acceptors (Lipinski definition) is 2. The summed E-state index contributed by atoms with van der Waals surface area (Å²) in [5, 5.41) is 0.583. The van der Waals surface area contributed by atoms with Crippen LogP contribution in [0.15, 0.2) is 24.3 Å². The molecule has 0 bridgehead atoms. The van der Waals surface area contributed by atoms with Gasteiger partial charge in [-0.2, -0.15) is 0 Å². The summed E-state index contributed by atoms with van der Waals surface area (Å²) in [6, 6.07) is 6.58. The van der Waals surface area contributed by atoms with Gasteiger partial charge in [0.15, 0.2) is 0 Å². The van der Waals surface area contributed by atoms with E-state index in [4.69, 9.17) is 11.6 Å². The number of rotatable bonds is 2. The second-order valence-corrected chi connectivity index (χ2v) is 5.32. The van der Waals surface area contributed by atoms with Crippen molar-refractivity contribution in [1.82, 2.24) is 4.90 Å². The SMILES string of the molecule is CC(C)N1CCCC(=O)N(c2ccc(Cl)cc2)C1=O. The van der Waals surface area contributed by atoms with Crippen LogP contribution in [0.3, 0.4) is 0 Å². The fraction of sp³-hybridized carbons (Fsp3) is 0.429. The summed E-state index contributed by atoms with van der Waals surface area (Å²) < 4.78 is 0. The second-order valence-electron chi connectivity index (χ2n) is 4.88. The van der Waals surface area contributed by atoms with Gasteiger partial charge in [-0.3, -0.25) is 4.79 Å². The Kier molecular flexibility index (Phi) is 4.10. The van der Waals surface area contributed by atoms with E-state index in [2.05, 4.69) is 0 Å². The van der Waals surface area contributed by atoms with E-state index in [-0.39, 0.29) is 18.0 Å². The molecule has 0 N–H and O–H groups in total. The van der Waals surface area contributed by atoms with E-state index < -0.39 is 0 Å². The first-order valence-corrected chi connectivity index (χ1v) is 6.77. The van der Waals surface area contributed by atoms with Gasteiger partial charge in [0.25, 0.3) is 0 Å². The largest absolute Gasteiger partial charge is 0.331 e. The summed E-state index contributed by atoms with van der Waals surface area (Å²) in [6.07, 6.45) is 1.09. The molecule has 1 heterocycles. The lowest BCUT2D eigenvalue weighted by molar-refractivity contribution is -0.117. The molecular formula is C14H17ClN2O2. The molecule has 0 spiro atoms. The number of urea groups is 1. The number of halogens is 1. The van der Waals surface area contributed by atoms with E-state index in [1.807, 2.05) is 13.8 Å². The zero-order valence-corrected chi connectivity index (χ0v) is 11.9. The quantitative estimate of drug-likeness (QED) is 0.834. The van der Waals surface area contributed by atoms with Gasteiger partial charge in [-0.25, -0.2) is 9.69 Å². The molecule has 102 valence electrons. The molecule has 19 heavy (non-hydrogen) atoms. The van der Waals surface area contributed by atoms with Gasteiger partial charge in [0.1, 0.15) is 0 Å². The summed E-state index contributed by atoms with van der Waals surface area (Å²) >= 11 is 5.84. The summed E-state index contributed by atoms with van der Waals surface area (Å²) in [7, 11) is 0. The zero-order chi connectivity index (χ0) is 14.0. The first kappa shape index (κ1) is 13.9. The third-order valence-corrected chi connectivity index (χ3v) is 3.44. The Labute approximate surface area is 117 Å². The number of amides is 3. The fourth-order valence-corrected chi connectivity index (χ4v) is 2.29. The summed E-state index contributed by atoms with van der Waals surface area (Å²) in [4.78, 5) is 27.6. The molecule has 1 saturated heterocycles. The smallest absolute Gasteiger partial charge is 0.322 e. The lowest BCUT2D eigenvalue weighted by Gasteiger charge is -2.29. The topological polar surface area (TPSA) is 40.6 Å². The number of carbonyl (C=O) groups excluding carboxylic acids is 2. The van der Waals surface area contributed by atoms with Gasteiger partial charge >= 0.3 is 6.03 Å². The molecule has 0 aromatic heterocycles. The van der Waals surface area contributed by atoms with Gasteiger partial charge < -0.3 is 4.90 Å². The molecular weight excluding hydrogens is 264 g/mol. The Morgan fingerprint density at radius 2 is 1.79 bits per heavy atom. The minimum atomic E-state index is -0.250. The number of nitrogens with zero attached hydrogens (tertiary/aromatic N) is 2. The highest BCUT2D eigenvalue weighted by molar-refractivity contribution is 6.30. The molecule has 1 aliphatic rings. The molecule has 1 aliphatic heterocycles. The van der Waals surface area contributed by atoms with E-state index in [0.29, 0.717) is 30.1 Å². The monoisotopic (exact) mass is 280 g/mol. The molecule has 0 radical (unpaired) electrons. The van der Waals surface area contributed by atoms with Crippen LogP contribution in [0.4, 0.5) is 10.5 Å². The van der Waals surface area contributed by atoms with Gasteiger partial charge in [-0.1, -0.05) is 11.6 Å². The number of benzene rings is 1. The molecule has 0 aliphatic carbocycles. The van der Waals surface area contributed by atoms with E-state index in [1.54, 1.807) is 29.2 Å². The van der Waals surface area contributed by atoms with Gasteiger partial charge in [0.2, 0.25) is 5.91 Å². The van der Waals surface area contributed by atoms with Crippen molar-refractivity contribution in [3.63, 3.8) is 0 Å². The molecule has 1 fully saturated rings. The fourth-order valence-electron chi connectivity index (χ4n) is 2.17. The van der Waals surface area contributed by atoms with Crippen molar-refractivity contribution in [2.75, 3.05) is 11.4 Å². The molecule has 0 saturated carbocycles. The Morgan fingerprint density at radius 1 is 1.16 bits per heavy atom. The highest BCUT2D eigenvalue weighted by Crippen LogP contribution is 2.23. The number of anilines is 1. The Morgan fingerprint density at radius 3 is 2.37 bits per heavy atom. The minimum absolute atomic E-state index is 0.0770. The van der Waals surface area contributed by atoms with Gasteiger partial charge in [-0.05, 0) is 44.5 Å². The predicted octanol–water partition coefficient (Wildman–Crippen LogP) is 3.30.